The first-order chi connectivity index (χ1) is 17.3. The molecule has 1 amide bonds. The van der Waals surface area contributed by atoms with Crippen molar-refractivity contribution >= 4 is 64.0 Å². The number of benzene rings is 2. The van der Waals surface area contributed by atoms with Gasteiger partial charge in [-0.15, -0.1) is 0 Å². The average molecular weight is 632 g/mol. The Balaban J connectivity index is 2.33. The van der Waals surface area contributed by atoms with Crippen LogP contribution in [0.1, 0.15) is 33.0 Å². The fraction of sp³-hybridized carbons (Fsp3) is 0.273. The zero-order valence-electron chi connectivity index (χ0n) is 18.4. The number of nitrogens with one attached hydrogen (secondary N) is 2. The van der Waals surface area contributed by atoms with E-state index in [9.17, 15) is 44.3 Å². The molecule has 3 nitrogen and oxygen atoms in total. The molecule has 0 aliphatic heterocycles. The molecule has 0 saturated heterocycles. The fourth-order valence-corrected chi connectivity index (χ4v) is 3.74. The summed E-state index contributed by atoms with van der Waals surface area (Å²) in [7, 11) is 0. The lowest BCUT2D eigenvalue weighted by Gasteiger charge is -2.19. The van der Waals surface area contributed by atoms with Crippen LogP contribution in [0.2, 0.25) is 15.1 Å². The quantitative estimate of drug-likeness (QED) is 0.184. The number of carbonyl (C=O) groups excluding carboxylic acids is 1. The number of thiocarbonyl (C=S) groups is 1. The van der Waals surface area contributed by atoms with E-state index in [4.69, 9.17) is 34.8 Å². The predicted molar refractivity (Wildman–Crippen MR) is 130 cm³/mol. The summed E-state index contributed by atoms with van der Waals surface area (Å²) in [5, 5.41) is 3.05. The third-order valence-corrected chi connectivity index (χ3v) is 6.17. The molecule has 0 aliphatic carbocycles. The Morgan fingerprint density at radius 2 is 1.50 bits per heavy atom. The predicted octanol–water partition coefficient (Wildman–Crippen LogP) is 8.23. The highest BCUT2D eigenvalue weighted by molar-refractivity contribution is 7.80. The highest BCUT2D eigenvalue weighted by atomic mass is 35.5. The molecule has 208 valence electrons. The molecule has 1 atom stereocenters. The van der Waals surface area contributed by atoms with Crippen molar-refractivity contribution in [1.29, 1.82) is 0 Å². The lowest BCUT2D eigenvalue weighted by Crippen LogP contribution is -2.40. The first-order valence-corrected chi connectivity index (χ1v) is 11.6. The van der Waals surface area contributed by atoms with Crippen molar-refractivity contribution in [3.8, 4) is 0 Å². The first-order valence-electron chi connectivity index (χ1n) is 10.0. The zero-order chi connectivity index (χ0) is 29.1. The monoisotopic (exact) mass is 630 g/mol. The van der Waals surface area contributed by atoms with E-state index in [0.29, 0.717) is 18.2 Å². The van der Waals surface area contributed by atoms with Crippen molar-refractivity contribution in [2.45, 2.75) is 24.4 Å². The van der Waals surface area contributed by atoms with Gasteiger partial charge in [-0.05, 0) is 35.4 Å². The summed E-state index contributed by atoms with van der Waals surface area (Å²) in [4.78, 5) is 11.8. The minimum absolute atomic E-state index is 0.178. The molecule has 38 heavy (non-hydrogen) atoms. The minimum Gasteiger partial charge on any atom is -0.369 e. The molecule has 0 saturated carbocycles. The van der Waals surface area contributed by atoms with Crippen molar-refractivity contribution in [2.24, 2.45) is 0 Å². The minimum atomic E-state index is -5.10. The molecule has 0 radical (unpaired) electrons. The van der Waals surface area contributed by atoms with E-state index in [1.54, 1.807) is 5.32 Å². The van der Waals surface area contributed by atoms with Gasteiger partial charge in [0.15, 0.2) is 0 Å². The van der Waals surface area contributed by atoms with Crippen molar-refractivity contribution in [2.75, 3.05) is 13.1 Å². The Bertz CT molecular complexity index is 1210. The third kappa shape index (κ3) is 9.21. The van der Waals surface area contributed by atoms with Crippen molar-refractivity contribution in [1.82, 2.24) is 10.6 Å². The number of allylic oxidation sites excluding steroid dienone is 1. The number of amides is 1. The normalized spacial score (nSPS) is 13.5. The summed E-state index contributed by atoms with van der Waals surface area (Å²) in [5.74, 6) is -3.64. The van der Waals surface area contributed by atoms with Gasteiger partial charge in [-0.25, -0.2) is 0 Å². The Labute approximate surface area is 229 Å². The maximum Gasteiger partial charge on any atom is 0.417 e. The van der Waals surface area contributed by atoms with Crippen LogP contribution in [0.15, 0.2) is 36.4 Å². The molecule has 1 unspecified atom stereocenters. The van der Waals surface area contributed by atoms with Crippen LogP contribution in [0.3, 0.4) is 0 Å². The van der Waals surface area contributed by atoms with E-state index in [-0.39, 0.29) is 20.6 Å². The molecule has 16 heteroatoms. The van der Waals surface area contributed by atoms with Gasteiger partial charge in [0.25, 0.3) is 5.91 Å². The van der Waals surface area contributed by atoms with Gasteiger partial charge >= 0.3 is 18.5 Å². The third-order valence-electron chi connectivity index (χ3n) is 4.69. The SMILES string of the molecule is O=C(NCC(=S)NCC(F)(F)F)c1ccc(/C=C/C(c2cc(Cl)c(Cl)c(Cl)c2)C(F)(F)F)cc1C(F)(F)F. The molecular formula is C22H14Cl3F9N2OS. The molecule has 0 heterocycles. The van der Waals surface area contributed by atoms with Gasteiger partial charge in [0, 0.05) is 0 Å². The molecule has 2 N–H and O–H groups in total. The Morgan fingerprint density at radius 3 is 2.00 bits per heavy atom. The standard InChI is InChI=1S/C22H14Cl3F9N2OS/c23-15-6-11(7-16(24)18(15)25)13(21(29,30)31)4-2-10-1-3-12(14(5-10)22(32,33)34)19(37)35-8-17(38)36-9-20(26,27)28/h1-7,13H,8-9H2,(H,35,37)(H,36,38)/b4-2+. The number of alkyl halides is 9. The second-order valence-electron chi connectivity index (χ2n) is 7.55. The molecule has 0 bridgehead atoms. The summed E-state index contributed by atoms with van der Waals surface area (Å²) >= 11 is 22.0. The van der Waals surface area contributed by atoms with Crippen LogP contribution in [-0.4, -0.2) is 36.3 Å². The topological polar surface area (TPSA) is 41.1 Å². The van der Waals surface area contributed by atoms with Crippen LogP contribution in [0.4, 0.5) is 39.5 Å². The lowest BCUT2D eigenvalue weighted by molar-refractivity contribution is -0.139. The van der Waals surface area contributed by atoms with E-state index in [0.717, 1.165) is 24.3 Å². The van der Waals surface area contributed by atoms with Crippen LogP contribution in [0.25, 0.3) is 6.08 Å². The van der Waals surface area contributed by atoms with E-state index >= 15 is 0 Å². The highest BCUT2D eigenvalue weighted by Gasteiger charge is 2.40. The molecule has 2 aromatic carbocycles. The summed E-state index contributed by atoms with van der Waals surface area (Å²) in [6.07, 6.45) is -13.3. The zero-order valence-corrected chi connectivity index (χ0v) is 21.5. The summed E-state index contributed by atoms with van der Waals surface area (Å²) in [5.41, 5.74) is -3.17. The maximum atomic E-state index is 13.7. The second kappa shape index (κ2) is 12.3. The largest absolute Gasteiger partial charge is 0.417 e. The van der Waals surface area contributed by atoms with Crippen LogP contribution >= 0.6 is 47.0 Å². The molecule has 2 aromatic rings. The smallest absolute Gasteiger partial charge is 0.369 e. The Hall–Kier alpha value is -2.22. The van der Waals surface area contributed by atoms with E-state index in [1.165, 1.54) is 0 Å². The van der Waals surface area contributed by atoms with Gasteiger partial charge < -0.3 is 10.6 Å². The summed E-state index contributed by atoms with van der Waals surface area (Å²) in [6, 6.07) is 3.95. The maximum absolute atomic E-state index is 13.7. The lowest BCUT2D eigenvalue weighted by atomic mass is 9.96. The Morgan fingerprint density at radius 1 is 0.921 bits per heavy atom. The fourth-order valence-electron chi connectivity index (χ4n) is 2.99. The van der Waals surface area contributed by atoms with Gasteiger partial charge in [0.2, 0.25) is 0 Å². The van der Waals surface area contributed by atoms with Gasteiger partial charge in [-0.2, -0.15) is 39.5 Å². The number of hydrogen-bond acceptors (Lipinski definition) is 2. The van der Waals surface area contributed by atoms with E-state index in [2.05, 4.69) is 12.2 Å². The number of hydrogen-bond donors (Lipinski definition) is 2. The van der Waals surface area contributed by atoms with Gasteiger partial charge in [0.1, 0.15) is 6.54 Å². The van der Waals surface area contributed by atoms with E-state index in [1.807, 2.05) is 5.32 Å². The number of carbonyl (C=O) groups is 1. The molecule has 0 fully saturated rings. The highest BCUT2D eigenvalue weighted by Crippen LogP contribution is 2.41. The van der Waals surface area contributed by atoms with Crippen molar-refractivity contribution in [3.05, 3.63) is 73.7 Å². The van der Waals surface area contributed by atoms with Crippen LogP contribution in [0.5, 0.6) is 0 Å². The number of halogens is 12. The van der Waals surface area contributed by atoms with Crippen molar-refractivity contribution < 1.29 is 44.3 Å². The van der Waals surface area contributed by atoms with Crippen LogP contribution in [-0.2, 0) is 6.18 Å². The van der Waals surface area contributed by atoms with Crippen LogP contribution < -0.4 is 10.6 Å². The van der Waals surface area contributed by atoms with Gasteiger partial charge in [-0.3, -0.25) is 4.79 Å². The molecule has 2 rings (SSSR count). The Kier molecular flexibility index (Phi) is 10.4. The molecule has 0 aromatic heterocycles. The number of rotatable bonds is 7. The first kappa shape index (κ1) is 32.0. The van der Waals surface area contributed by atoms with E-state index < -0.39 is 65.1 Å². The molecule has 0 aliphatic rings. The molecular weight excluding hydrogens is 618 g/mol. The van der Waals surface area contributed by atoms with Gasteiger partial charge in [0.05, 0.1) is 43.6 Å². The summed E-state index contributed by atoms with van der Waals surface area (Å²) in [6.45, 7) is -2.20. The van der Waals surface area contributed by atoms with Gasteiger partial charge in [-0.1, -0.05) is 65.2 Å². The van der Waals surface area contributed by atoms with Crippen LogP contribution in [0, 0.1) is 0 Å². The summed E-state index contributed by atoms with van der Waals surface area (Å²) < 4.78 is 119. The average Bonchev–Trinajstić information content (AvgIpc) is 2.77. The second-order valence-corrected chi connectivity index (χ2v) is 9.24. The molecule has 0 spiro atoms. The van der Waals surface area contributed by atoms with Crippen molar-refractivity contribution in [3.63, 3.8) is 0 Å².